The van der Waals surface area contributed by atoms with E-state index in [0.717, 1.165) is 31.2 Å². The van der Waals surface area contributed by atoms with Crippen molar-refractivity contribution in [3.63, 3.8) is 0 Å². The molecule has 4 heterocycles. The van der Waals surface area contributed by atoms with Crippen molar-refractivity contribution in [2.24, 2.45) is 11.8 Å². The normalized spacial score (nSPS) is 29.4. The quantitative estimate of drug-likeness (QED) is 0.508. The highest BCUT2D eigenvalue weighted by molar-refractivity contribution is 6.02. The first-order valence-electron chi connectivity index (χ1n) is 13.9. The van der Waals surface area contributed by atoms with Crippen LogP contribution in [-0.2, 0) is 25.7 Å². The van der Waals surface area contributed by atoms with Crippen molar-refractivity contribution < 1.29 is 23.9 Å². The molecule has 1 spiro atoms. The highest BCUT2D eigenvalue weighted by atomic mass is 16.5. The van der Waals surface area contributed by atoms with E-state index in [1.54, 1.807) is 47.6 Å². The summed E-state index contributed by atoms with van der Waals surface area (Å²) < 4.78 is 11.9. The second-order valence-corrected chi connectivity index (χ2v) is 10.8. The van der Waals surface area contributed by atoms with Crippen molar-refractivity contribution in [1.82, 2.24) is 15.2 Å². The maximum Gasteiger partial charge on any atom is 0.246 e. The van der Waals surface area contributed by atoms with Gasteiger partial charge in [-0.1, -0.05) is 37.5 Å². The number of carbonyl (C=O) groups excluding carboxylic acids is 3. The van der Waals surface area contributed by atoms with Crippen molar-refractivity contribution in [1.29, 1.82) is 0 Å². The van der Waals surface area contributed by atoms with E-state index in [0.29, 0.717) is 18.0 Å². The Morgan fingerprint density at radius 1 is 1.13 bits per heavy atom. The molecule has 5 atom stereocenters. The zero-order valence-electron chi connectivity index (χ0n) is 22.0. The summed E-state index contributed by atoms with van der Waals surface area (Å²) in [6.07, 6.45) is 11.6. The number of nitrogens with one attached hydrogen (secondary N) is 2. The Kier molecular flexibility index (Phi) is 6.85. The number of fused-ring (bicyclic) bond motifs is 1. The van der Waals surface area contributed by atoms with Gasteiger partial charge in [0.05, 0.1) is 24.5 Å². The summed E-state index contributed by atoms with van der Waals surface area (Å²) in [7, 11) is 0. The fourth-order valence-corrected chi connectivity index (χ4v) is 6.68. The summed E-state index contributed by atoms with van der Waals surface area (Å²) in [5.74, 6) is -1.61. The average molecular weight is 531 g/mol. The molecule has 9 nitrogen and oxygen atoms in total. The van der Waals surface area contributed by atoms with Gasteiger partial charge in [-0.2, -0.15) is 0 Å². The molecule has 4 aliphatic rings. The zero-order valence-corrected chi connectivity index (χ0v) is 22.0. The lowest BCUT2D eigenvalue weighted by molar-refractivity contribution is -0.142. The molecule has 3 fully saturated rings. The van der Waals surface area contributed by atoms with Crippen molar-refractivity contribution in [2.75, 3.05) is 11.9 Å². The summed E-state index contributed by atoms with van der Waals surface area (Å²) in [4.78, 5) is 47.4. The molecule has 1 aromatic carbocycles. The summed E-state index contributed by atoms with van der Waals surface area (Å²) in [6, 6.07) is 10.0. The third kappa shape index (κ3) is 4.58. The molecule has 1 aromatic heterocycles. The molecule has 2 bridgehead atoms. The number of rotatable bonds is 8. The lowest BCUT2D eigenvalue weighted by atomic mass is 9.74. The highest BCUT2D eigenvalue weighted by Crippen LogP contribution is 2.55. The largest absolute Gasteiger partial charge is 0.494 e. The first kappa shape index (κ1) is 25.6. The van der Waals surface area contributed by atoms with Crippen LogP contribution in [0.1, 0.15) is 44.6 Å². The highest BCUT2D eigenvalue weighted by Gasteiger charge is 2.72. The number of carbonyl (C=O) groups is 3. The third-order valence-corrected chi connectivity index (χ3v) is 8.39. The van der Waals surface area contributed by atoms with Crippen LogP contribution < -0.4 is 15.4 Å². The van der Waals surface area contributed by atoms with Gasteiger partial charge in [0.15, 0.2) is 0 Å². The number of nitrogens with zero attached hydrogens (tertiary/aromatic N) is 2. The minimum Gasteiger partial charge on any atom is -0.494 e. The van der Waals surface area contributed by atoms with Crippen LogP contribution >= 0.6 is 0 Å². The van der Waals surface area contributed by atoms with Crippen LogP contribution in [0.5, 0.6) is 5.75 Å². The standard InChI is InChI=1S/C30H34N4O5/c1-2-38-22-12-10-21(11-13-22)32-27(35)24-23-14-15-30(39-23)25(24)29(37)34(18-19-7-6-16-31-17-19)26(30)28(36)33-20-8-4-3-5-9-20/h6-7,10-17,20,23-26H,2-5,8-9,18H2,1H3,(H,32,35)(H,33,36)/t23-,24+,25-,26-,30-/m0/s1. The van der Waals surface area contributed by atoms with Crippen molar-refractivity contribution in [3.05, 3.63) is 66.5 Å². The minimum absolute atomic E-state index is 0.0818. The number of benzene rings is 1. The summed E-state index contributed by atoms with van der Waals surface area (Å²) in [6.45, 7) is 2.67. The van der Waals surface area contributed by atoms with Crippen LogP contribution in [0.25, 0.3) is 0 Å². The fraction of sp³-hybridized carbons (Fsp3) is 0.467. The lowest BCUT2D eigenvalue weighted by Crippen LogP contribution is -2.56. The second-order valence-electron chi connectivity index (χ2n) is 10.8. The van der Waals surface area contributed by atoms with Gasteiger partial charge in [0.25, 0.3) is 0 Å². The number of hydrogen-bond donors (Lipinski definition) is 2. The first-order chi connectivity index (χ1) is 19.0. The molecule has 2 saturated heterocycles. The topological polar surface area (TPSA) is 110 Å². The van der Waals surface area contributed by atoms with Crippen LogP contribution in [0.2, 0.25) is 0 Å². The molecule has 6 rings (SSSR count). The molecule has 1 aliphatic carbocycles. The van der Waals surface area contributed by atoms with E-state index in [4.69, 9.17) is 9.47 Å². The Morgan fingerprint density at radius 2 is 1.92 bits per heavy atom. The summed E-state index contributed by atoms with van der Waals surface area (Å²) >= 11 is 0. The van der Waals surface area contributed by atoms with Crippen LogP contribution in [-0.4, -0.2) is 58.0 Å². The molecule has 0 radical (unpaired) electrons. The van der Waals surface area contributed by atoms with Crippen molar-refractivity contribution >= 4 is 23.4 Å². The first-order valence-corrected chi connectivity index (χ1v) is 13.9. The van der Waals surface area contributed by atoms with Gasteiger partial charge in [-0.15, -0.1) is 0 Å². The number of amides is 3. The fourth-order valence-electron chi connectivity index (χ4n) is 6.68. The lowest BCUT2D eigenvalue weighted by Gasteiger charge is -2.34. The van der Waals surface area contributed by atoms with Crippen LogP contribution in [0.3, 0.4) is 0 Å². The van der Waals surface area contributed by atoms with E-state index in [1.165, 1.54) is 6.42 Å². The van der Waals surface area contributed by atoms with Gasteiger partial charge in [-0.25, -0.2) is 0 Å². The van der Waals surface area contributed by atoms with Crippen LogP contribution in [0, 0.1) is 11.8 Å². The van der Waals surface area contributed by atoms with E-state index in [2.05, 4.69) is 15.6 Å². The van der Waals surface area contributed by atoms with Gasteiger partial charge in [0.2, 0.25) is 17.7 Å². The number of anilines is 1. The smallest absolute Gasteiger partial charge is 0.246 e. The van der Waals surface area contributed by atoms with Gasteiger partial charge >= 0.3 is 0 Å². The molecule has 9 heteroatoms. The summed E-state index contributed by atoms with van der Waals surface area (Å²) in [5.41, 5.74) is 0.226. The zero-order chi connectivity index (χ0) is 27.0. The Labute approximate surface area is 228 Å². The molecule has 39 heavy (non-hydrogen) atoms. The van der Waals surface area contributed by atoms with Gasteiger partial charge < -0.3 is 25.0 Å². The molecule has 1 saturated carbocycles. The Hall–Kier alpha value is -3.72. The Balaban J connectivity index is 1.28. The number of pyridine rings is 1. The predicted molar refractivity (Wildman–Crippen MR) is 144 cm³/mol. The SMILES string of the molecule is CCOc1ccc(NC(=O)[C@@H]2[C@@H]3C=C[C@]4(O3)[C@@H]2C(=O)N(Cc2cccnc2)[C@H]4C(=O)NC2CCCCC2)cc1. The van der Waals surface area contributed by atoms with E-state index < -0.39 is 29.6 Å². The number of aromatic nitrogens is 1. The monoisotopic (exact) mass is 530 g/mol. The van der Waals surface area contributed by atoms with Gasteiger partial charge in [0, 0.05) is 30.7 Å². The minimum atomic E-state index is -1.19. The average Bonchev–Trinajstić information content (AvgIpc) is 3.59. The third-order valence-electron chi connectivity index (χ3n) is 8.39. The molecular weight excluding hydrogens is 496 g/mol. The number of ether oxygens (including phenoxy) is 2. The molecule has 2 aromatic rings. The molecule has 3 amide bonds. The van der Waals surface area contributed by atoms with Gasteiger partial charge in [-0.05, 0) is 55.7 Å². The number of hydrogen-bond acceptors (Lipinski definition) is 6. The summed E-state index contributed by atoms with van der Waals surface area (Å²) in [5, 5.41) is 6.16. The molecular formula is C30H34N4O5. The van der Waals surface area contributed by atoms with Crippen molar-refractivity contribution in [3.8, 4) is 5.75 Å². The molecule has 0 unspecified atom stereocenters. The van der Waals surface area contributed by atoms with Gasteiger partial charge in [-0.3, -0.25) is 19.4 Å². The van der Waals surface area contributed by atoms with E-state index in [9.17, 15) is 14.4 Å². The van der Waals surface area contributed by atoms with E-state index in [-0.39, 0.29) is 30.3 Å². The predicted octanol–water partition coefficient (Wildman–Crippen LogP) is 3.22. The second kappa shape index (κ2) is 10.4. The molecule has 3 aliphatic heterocycles. The van der Waals surface area contributed by atoms with Gasteiger partial charge in [0.1, 0.15) is 17.4 Å². The van der Waals surface area contributed by atoms with E-state index >= 15 is 0 Å². The van der Waals surface area contributed by atoms with Crippen LogP contribution in [0.4, 0.5) is 5.69 Å². The Bertz CT molecular complexity index is 1260. The molecule has 2 N–H and O–H groups in total. The maximum atomic E-state index is 14.1. The molecule has 204 valence electrons. The number of likely N-dealkylation sites (tertiary alicyclic amines) is 1. The Morgan fingerprint density at radius 3 is 2.64 bits per heavy atom. The maximum absolute atomic E-state index is 14.1. The van der Waals surface area contributed by atoms with E-state index in [1.807, 2.05) is 25.1 Å². The van der Waals surface area contributed by atoms with Crippen molar-refractivity contribution in [2.45, 2.75) is 69.4 Å². The van der Waals surface area contributed by atoms with Crippen LogP contribution in [0.15, 0.2) is 60.9 Å².